The van der Waals surface area contributed by atoms with E-state index in [1.807, 2.05) is 6.07 Å². The largest absolute Gasteiger partial charge is 0.370 e. The van der Waals surface area contributed by atoms with Crippen molar-refractivity contribution in [2.45, 2.75) is 33.1 Å². The van der Waals surface area contributed by atoms with Gasteiger partial charge in [-0.05, 0) is 56.9 Å². The number of thiophene rings is 1. The third-order valence-corrected chi connectivity index (χ3v) is 5.75. The Labute approximate surface area is 151 Å². The molecule has 0 amide bonds. The van der Waals surface area contributed by atoms with Gasteiger partial charge in [-0.25, -0.2) is 4.68 Å². The fraction of sp³-hybridized carbons (Fsp3) is 0.316. The van der Waals surface area contributed by atoms with Crippen molar-refractivity contribution in [1.82, 2.24) is 9.78 Å². The van der Waals surface area contributed by atoms with Crippen LogP contribution >= 0.6 is 22.9 Å². The van der Waals surface area contributed by atoms with Crippen LogP contribution in [0.3, 0.4) is 0 Å². The monoisotopic (exact) mass is 357 g/mol. The summed E-state index contributed by atoms with van der Waals surface area (Å²) >= 11 is 7.76. The Morgan fingerprint density at radius 1 is 1.17 bits per heavy atom. The Kier molecular flexibility index (Phi) is 4.10. The summed E-state index contributed by atoms with van der Waals surface area (Å²) in [5, 5.41) is 8.59. The van der Waals surface area contributed by atoms with Crippen LogP contribution in [-0.4, -0.2) is 16.3 Å². The molecular weight excluding hydrogens is 338 g/mol. The van der Waals surface area contributed by atoms with Crippen LogP contribution in [0.15, 0.2) is 30.3 Å². The fourth-order valence-corrected chi connectivity index (χ4v) is 4.41. The van der Waals surface area contributed by atoms with Crippen LogP contribution < -0.4 is 5.32 Å². The fourth-order valence-electron chi connectivity index (χ4n) is 3.36. The first kappa shape index (κ1) is 15.7. The van der Waals surface area contributed by atoms with Gasteiger partial charge in [-0.15, -0.1) is 11.3 Å². The van der Waals surface area contributed by atoms with E-state index in [1.54, 1.807) is 11.3 Å². The van der Waals surface area contributed by atoms with E-state index in [-0.39, 0.29) is 0 Å². The van der Waals surface area contributed by atoms with Gasteiger partial charge in [-0.2, -0.15) is 5.10 Å². The first-order chi connectivity index (χ1) is 11.6. The molecule has 24 heavy (non-hydrogen) atoms. The second-order valence-corrected chi connectivity index (χ2v) is 8.08. The normalized spacial score (nSPS) is 14.1. The maximum atomic E-state index is 6.16. The SMILES string of the molecule is Cc1ccc(-n2nc(-c3ccc(Cl)s3)c3c2NCCCC3)c(C)c1. The van der Waals surface area contributed by atoms with Gasteiger partial charge in [0.15, 0.2) is 0 Å². The molecule has 1 aliphatic heterocycles. The molecule has 0 bridgehead atoms. The van der Waals surface area contributed by atoms with Gasteiger partial charge in [-0.1, -0.05) is 29.3 Å². The van der Waals surface area contributed by atoms with Crippen LogP contribution in [0.2, 0.25) is 4.34 Å². The molecule has 1 N–H and O–H groups in total. The van der Waals surface area contributed by atoms with Crippen molar-refractivity contribution in [3.05, 3.63) is 51.4 Å². The van der Waals surface area contributed by atoms with Gasteiger partial charge < -0.3 is 5.32 Å². The summed E-state index contributed by atoms with van der Waals surface area (Å²) in [5.41, 5.74) is 6.03. The third kappa shape index (κ3) is 2.74. The maximum absolute atomic E-state index is 6.16. The summed E-state index contributed by atoms with van der Waals surface area (Å²) in [7, 11) is 0. The topological polar surface area (TPSA) is 29.9 Å². The van der Waals surface area contributed by atoms with E-state index < -0.39 is 0 Å². The average Bonchev–Trinajstić information content (AvgIpc) is 3.03. The molecular formula is C19H20ClN3S. The minimum Gasteiger partial charge on any atom is -0.370 e. The standard InChI is InChI=1S/C19H20ClN3S/c1-12-6-7-15(13(2)11-12)23-19-14(5-3-4-10-21-19)18(22-23)16-8-9-17(20)24-16/h6-9,11,21H,3-5,10H2,1-2H3. The first-order valence-electron chi connectivity index (χ1n) is 8.32. The van der Waals surface area contributed by atoms with E-state index in [2.05, 4.69) is 48.1 Å². The van der Waals surface area contributed by atoms with E-state index in [0.29, 0.717) is 0 Å². The van der Waals surface area contributed by atoms with E-state index >= 15 is 0 Å². The van der Waals surface area contributed by atoms with Crippen LogP contribution in [0.4, 0.5) is 5.82 Å². The highest BCUT2D eigenvalue weighted by molar-refractivity contribution is 7.19. The molecule has 0 radical (unpaired) electrons. The lowest BCUT2D eigenvalue weighted by Crippen LogP contribution is -2.08. The molecule has 0 spiro atoms. The van der Waals surface area contributed by atoms with Gasteiger partial charge in [0.2, 0.25) is 0 Å². The number of rotatable bonds is 2. The summed E-state index contributed by atoms with van der Waals surface area (Å²) in [4.78, 5) is 1.14. The number of aromatic nitrogens is 2. The van der Waals surface area contributed by atoms with Crippen molar-refractivity contribution in [2.75, 3.05) is 11.9 Å². The predicted octanol–water partition coefficient (Wildman–Crippen LogP) is 5.62. The number of hydrogen-bond donors (Lipinski definition) is 1. The average molecular weight is 358 g/mol. The Balaban J connectivity index is 1.92. The summed E-state index contributed by atoms with van der Waals surface area (Å²) in [6.07, 6.45) is 3.43. The summed E-state index contributed by atoms with van der Waals surface area (Å²) < 4.78 is 2.89. The van der Waals surface area contributed by atoms with Gasteiger partial charge in [0.25, 0.3) is 0 Å². The molecule has 124 valence electrons. The third-order valence-electron chi connectivity index (χ3n) is 4.52. The molecule has 3 heterocycles. The number of halogens is 1. The molecule has 2 aromatic heterocycles. The van der Waals surface area contributed by atoms with Crippen molar-refractivity contribution in [3.63, 3.8) is 0 Å². The predicted molar refractivity (Wildman–Crippen MR) is 103 cm³/mol. The summed E-state index contributed by atoms with van der Waals surface area (Å²) in [6.45, 7) is 5.26. The number of anilines is 1. The molecule has 1 aromatic carbocycles. The Bertz CT molecular complexity index is 894. The summed E-state index contributed by atoms with van der Waals surface area (Å²) in [6, 6.07) is 10.5. The second kappa shape index (κ2) is 6.26. The van der Waals surface area contributed by atoms with Gasteiger partial charge in [0.05, 0.1) is 14.9 Å². The van der Waals surface area contributed by atoms with Gasteiger partial charge in [0.1, 0.15) is 11.5 Å². The first-order valence-corrected chi connectivity index (χ1v) is 9.52. The highest BCUT2D eigenvalue weighted by Gasteiger charge is 2.23. The lowest BCUT2D eigenvalue weighted by atomic mass is 10.1. The number of nitrogens with zero attached hydrogens (tertiary/aromatic N) is 2. The maximum Gasteiger partial charge on any atom is 0.133 e. The van der Waals surface area contributed by atoms with Crippen LogP contribution in [0.5, 0.6) is 0 Å². The quantitative estimate of drug-likeness (QED) is 0.645. The Morgan fingerprint density at radius 2 is 2.04 bits per heavy atom. The van der Waals surface area contributed by atoms with E-state index in [4.69, 9.17) is 16.7 Å². The van der Waals surface area contributed by atoms with E-state index in [9.17, 15) is 0 Å². The molecule has 4 rings (SSSR count). The zero-order chi connectivity index (χ0) is 16.7. The number of fused-ring (bicyclic) bond motifs is 1. The van der Waals surface area contributed by atoms with Gasteiger partial charge >= 0.3 is 0 Å². The molecule has 3 nitrogen and oxygen atoms in total. The van der Waals surface area contributed by atoms with Gasteiger partial charge in [0, 0.05) is 12.1 Å². The number of hydrogen-bond acceptors (Lipinski definition) is 3. The van der Waals surface area contributed by atoms with Crippen molar-refractivity contribution < 1.29 is 0 Å². The van der Waals surface area contributed by atoms with Crippen molar-refractivity contribution in [1.29, 1.82) is 0 Å². The highest BCUT2D eigenvalue weighted by Crippen LogP contribution is 2.38. The highest BCUT2D eigenvalue weighted by atomic mass is 35.5. The molecule has 0 unspecified atom stereocenters. The zero-order valence-corrected chi connectivity index (χ0v) is 15.5. The van der Waals surface area contributed by atoms with E-state index in [1.165, 1.54) is 29.5 Å². The number of aryl methyl sites for hydroxylation is 2. The van der Waals surface area contributed by atoms with Crippen LogP contribution in [0, 0.1) is 13.8 Å². The Morgan fingerprint density at radius 3 is 2.79 bits per heavy atom. The van der Waals surface area contributed by atoms with Crippen LogP contribution in [0.25, 0.3) is 16.3 Å². The van der Waals surface area contributed by atoms with Crippen LogP contribution in [-0.2, 0) is 6.42 Å². The van der Waals surface area contributed by atoms with Crippen LogP contribution in [0.1, 0.15) is 29.5 Å². The Hall–Kier alpha value is -1.78. The molecule has 0 aliphatic carbocycles. The number of benzene rings is 1. The number of nitrogens with one attached hydrogen (secondary N) is 1. The lowest BCUT2D eigenvalue weighted by Gasteiger charge is -2.12. The molecule has 0 saturated heterocycles. The second-order valence-electron chi connectivity index (χ2n) is 6.37. The minimum absolute atomic E-state index is 0.807. The molecule has 1 aliphatic rings. The molecule has 0 fully saturated rings. The molecule has 3 aromatic rings. The molecule has 0 atom stereocenters. The van der Waals surface area contributed by atoms with Crippen molar-refractivity contribution in [3.8, 4) is 16.3 Å². The van der Waals surface area contributed by atoms with E-state index in [0.717, 1.165) is 39.4 Å². The van der Waals surface area contributed by atoms with Gasteiger partial charge in [-0.3, -0.25) is 0 Å². The smallest absolute Gasteiger partial charge is 0.133 e. The lowest BCUT2D eigenvalue weighted by molar-refractivity contribution is 0.780. The molecule has 0 saturated carbocycles. The summed E-state index contributed by atoms with van der Waals surface area (Å²) in [5.74, 6) is 1.14. The minimum atomic E-state index is 0.807. The zero-order valence-electron chi connectivity index (χ0n) is 13.9. The molecule has 5 heteroatoms. The van der Waals surface area contributed by atoms with Crippen molar-refractivity contribution >= 4 is 28.8 Å². The van der Waals surface area contributed by atoms with Crippen molar-refractivity contribution in [2.24, 2.45) is 0 Å².